The maximum atomic E-state index is 5.74. The van der Waals surface area contributed by atoms with Gasteiger partial charge in [-0.3, -0.25) is 4.98 Å². The molecule has 134 valence electrons. The molecule has 1 aromatic carbocycles. The fraction of sp³-hybridized carbons (Fsp3) is 0.474. The first-order chi connectivity index (χ1) is 12.3. The van der Waals surface area contributed by atoms with E-state index in [4.69, 9.17) is 20.2 Å². The van der Waals surface area contributed by atoms with E-state index in [0.29, 0.717) is 19.8 Å². The van der Waals surface area contributed by atoms with Gasteiger partial charge in [-0.15, -0.1) is 0 Å². The predicted octanol–water partition coefficient (Wildman–Crippen LogP) is 2.91. The summed E-state index contributed by atoms with van der Waals surface area (Å²) in [5, 5.41) is 1.10. The molecule has 6 heteroatoms. The largest absolute Gasteiger partial charge is 0.493 e. The van der Waals surface area contributed by atoms with Crippen LogP contribution in [0.3, 0.4) is 0 Å². The Labute approximate surface area is 148 Å². The van der Waals surface area contributed by atoms with Gasteiger partial charge in [0.15, 0.2) is 0 Å². The Morgan fingerprint density at radius 2 is 2.08 bits per heavy atom. The van der Waals surface area contributed by atoms with E-state index in [1.807, 2.05) is 18.3 Å². The summed E-state index contributed by atoms with van der Waals surface area (Å²) in [5.41, 5.74) is 8.52. The van der Waals surface area contributed by atoms with Crippen LogP contribution in [0.1, 0.15) is 25.6 Å². The zero-order valence-electron chi connectivity index (χ0n) is 15.0. The maximum absolute atomic E-state index is 5.74. The quantitative estimate of drug-likeness (QED) is 0.605. The van der Waals surface area contributed by atoms with Crippen molar-refractivity contribution >= 4 is 21.9 Å². The Balaban J connectivity index is 2.04. The molecular weight excluding hydrogens is 316 g/mol. The standard InChI is InChI=1S/C19H26N4O2/c1-3-9-23-18(7-11-24-2)22-17-13-21-16-12-14(25-10-4-8-20)5-6-15(16)19(17)23/h5-6,12-13H,3-4,7-11,20H2,1-2H3. The van der Waals surface area contributed by atoms with Crippen molar-refractivity contribution in [1.82, 2.24) is 14.5 Å². The van der Waals surface area contributed by atoms with Crippen molar-refractivity contribution in [3.63, 3.8) is 0 Å². The number of hydrogen-bond donors (Lipinski definition) is 1. The molecule has 2 heterocycles. The third kappa shape index (κ3) is 3.75. The van der Waals surface area contributed by atoms with E-state index in [2.05, 4.69) is 22.5 Å². The zero-order valence-corrected chi connectivity index (χ0v) is 15.0. The van der Waals surface area contributed by atoms with Gasteiger partial charge in [0.2, 0.25) is 0 Å². The average molecular weight is 342 g/mol. The predicted molar refractivity (Wildman–Crippen MR) is 100 cm³/mol. The number of aromatic nitrogens is 3. The number of benzene rings is 1. The second-order valence-corrected chi connectivity index (χ2v) is 6.08. The summed E-state index contributed by atoms with van der Waals surface area (Å²) in [6.45, 7) is 5.03. The smallest absolute Gasteiger partial charge is 0.121 e. The number of nitrogens with two attached hydrogens (primary N) is 1. The number of ether oxygens (including phenoxy) is 2. The number of fused-ring (bicyclic) bond motifs is 3. The summed E-state index contributed by atoms with van der Waals surface area (Å²) < 4.78 is 13.3. The Kier molecular flexibility index (Phi) is 5.83. The number of aryl methyl sites for hydroxylation is 1. The van der Waals surface area contributed by atoms with E-state index >= 15 is 0 Å². The lowest BCUT2D eigenvalue weighted by Crippen LogP contribution is -2.07. The minimum atomic E-state index is 0.624. The first kappa shape index (κ1) is 17.6. The SMILES string of the molecule is CCCn1c(CCOC)nc2cnc3cc(OCCCN)ccc3c21. The molecule has 3 rings (SSSR count). The molecule has 0 aliphatic heterocycles. The highest BCUT2D eigenvalue weighted by atomic mass is 16.5. The number of imidazole rings is 1. The van der Waals surface area contributed by atoms with Crippen LogP contribution in [0.4, 0.5) is 0 Å². The topological polar surface area (TPSA) is 75.2 Å². The van der Waals surface area contributed by atoms with Crippen LogP contribution in [-0.4, -0.2) is 41.4 Å². The van der Waals surface area contributed by atoms with E-state index in [1.54, 1.807) is 7.11 Å². The molecule has 2 aromatic heterocycles. The van der Waals surface area contributed by atoms with Gasteiger partial charge >= 0.3 is 0 Å². The van der Waals surface area contributed by atoms with Crippen LogP contribution in [0.5, 0.6) is 5.75 Å². The van der Waals surface area contributed by atoms with E-state index in [0.717, 1.165) is 59.3 Å². The highest BCUT2D eigenvalue weighted by molar-refractivity contribution is 6.02. The van der Waals surface area contributed by atoms with Crippen LogP contribution in [0.2, 0.25) is 0 Å². The van der Waals surface area contributed by atoms with E-state index in [1.165, 1.54) is 0 Å². The number of methoxy groups -OCH3 is 1. The molecule has 0 saturated carbocycles. The van der Waals surface area contributed by atoms with Crippen molar-refractivity contribution in [2.75, 3.05) is 26.9 Å². The fourth-order valence-corrected chi connectivity index (χ4v) is 3.05. The summed E-state index contributed by atoms with van der Waals surface area (Å²) in [5.74, 6) is 1.88. The minimum Gasteiger partial charge on any atom is -0.493 e. The summed E-state index contributed by atoms with van der Waals surface area (Å²) in [6.07, 6.45) is 4.54. The van der Waals surface area contributed by atoms with Crippen LogP contribution in [-0.2, 0) is 17.7 Å². The highest BCUT2D eigenvalue weighted by Crippen LogP contribution is 2.28. The van der Waals surface area contributed by atoms with Gasteiger partial charge in [-0.1, -0.05) is 6.92 Å². The van der Waals surface area contributed by atoms with Gasteiger partial charge in [-0.25, -0.2) is 4.98 Å². The van der Waals surface area contributed by atoms with Crippen molar-refractivity contribution in [1.29, 1.82) is 0 Å². The van der Waals surface area contributed by atoms with Crippen LogP contribution < -0.4 is 10.5 Å². The molecule has 0 amide bonds. The van der Waals surface area contributed by atoms with E-state index in [-0.39, 0.29) is 0 Å². The first-order valence-corrected chi connectivity index (χ1v) is 8.88. The normalized spacial score (nSPS) is 11.5. The molecule has 0 saturated heterocycles. The molecule has 3 aromatic rings. The van der Waals surface area contributed by atoms with Crippen LogP contribution in [0, 0.1) is 0 Å². The highest BCUT2D eigenvalue weighted by Gasteiger charge is 2.14. The minimum absolute atomic E-state index is 0.624. The van der Waals surface area contributed by atoms with Crippen molar-refractivity contribution in [3.05, 3.63) is 30.2 Å². The van der Waals surface area contributed by atoms with Crippen LogP contribution in [0.15, 0.2) is 24.4 Å². The maximum Gasteiger partial charge on any atom is 0.121 e. The van der Waals surface area contributed by atoms with E-state index in [9.17, 15) is 0 Å². The first-order valence-electron chi connectivity index (χ1n) is 8.88. The second kappa shape index (κ2) is 8.27. The molecule has 0 bridgehead atoms. The Morgan fingerprint density at radius 3 is 2.84 bits per heavy atom. The molecule has 0 spiro atoms. The van der Waals surface area contributed by atoms with Gasteiger partial charge in [-0.05, 0) is 31.5 Å². The lowest BCUT2D eigenvalue weighted by molar-refractivity contribution is 0.199. The van der Waals surface area contributed by atoms with Crippen molar-refractivity contribution in [2.24, 2.45) is 5.73 Å². The van der Waals surface area contributed by atoms with Crippen molar-refractivity contribution < 1.29 is 9.47 Å². The molecule has 0 aliphatic rings. The summed E-state index contributed by atoms with van der Waals surface area (Å²) >= 11 is 0. The molecule has 25 heavy (non-hydrogen) atoms. The Bertz CT molecular complexity index is 844. The Morgan fingerprint density at radius 1 is 1.20 bits per heavy atom. The van der Waals surface area contributed by atoms with Crippen molar-refractivity contribution in [3.8, 4) is 5.75 Å². The summed E-state index contributed by atoms with van der Waals surface area (Å²) in [4.78, 5) is 9.36. The van der Waals surface area contributed by atoms with Gasteiger partial charge in [-0.2, -0.15) is 0 Å². The lowest BCUT2D eigenvalue weighted by atomic mass is 10.2. The molecule has 0 unspecified atom stereocenters. The second-order valence-electron chi connectivity index (χ2n) is 6.08. The molecule has 2 N–H and O–H groups in total. The molecule has 0 atom stereocenters. The number of nitrogens with zero attached hydrogens (tertiary/aromatic N) is 3. The third-order valence-corrected chi connectivity index (χ3v) is 4.22. The van der Waals surface area contributed by atoms with Crippen LogP contribution >= 0.6 is 0 Å². The Hall–Kier alpha value is -2.18. The third-order valence-electron chi connectivity index (χ3n) is 4.22. The van der Waals surface area contributed by atoms with Crippen LogP contribution in [0.25, 0.3) is 21.9 Å². The fourth-order valence-electron chi connectivity index (χ4n) is 3.05. The van der Waals surface area contributed by atoms with Crippen molar-refractivity contribution in [2.45, 2.75) is 32.7 Å². The molecular formula is C19H26N4O2. The molecule has 0 radical (unpaired) electrons. The van der Waals surface area contributed by atoms with E-state index < -0.39 is 0 Å². The number of pyridine rings is 1. The average Bonchev–Trinajstić information content (AvgIpc) is 2.98. The molecule has 6 nitrogen and oxygen atoms in total. The number of rotatable bonds is 9. The van der Waals surface area contributed by atoms with Gasteiger partial charge < -0.3 is 19.8 Å². The lowest BCUT2D eigenvalue weighted by Gasteiger charge is -2.10. The van der Waals surface area contributed by atoms with Gasteiger partial charge in [0.1, 0.15) is 17.1 Å². The zero-order chi connectivity index (χ0) is 17.6. The van der Waals surface area contributed by atoms with Gasteiger partial charge in [0.05, 0.1) is 30.4 Å². The number of hydrogen-bond acceptors (Lipinski definition) is 5. The van der Waals surface area contributed by atoms with Gasteiger partial charge in [0.25, 0.3) is 0 Å². The summed E-state index contributed by atoms with van der Waals surface area (Å²) in [6, 6.07) is 6.07. The monoisotopic (exact) mass is 342 g/mol. The van der Waals surface area contributed by atoms with Gasteiger partial charge in [0, 0.05) is 31.5 Å². The summed E-state index contributed by atoms with van der Waals surface area (Å²) in [7, 11) is 1.72. The molecule has 0 aliphatic carbocycles. The molecule has 0 fully saturated rings.